The van der Waals surface area contributed by atoms with Crippen LogP contribution in [0.3, 0.4) is 0 Å². The average molecular weight is 400 g/mol. The van der Waals surface area contributed by atoms with Crippen molar-refractivity contribution in [2.75, 3.05) is 26.7 Å². The van der Waals surface area contributed by atoms with E-state index in [1.54, 1.807) is 11.9 Å². The summed E-state index contributed by atoms with van der Waals surface area (Å²) in [4.78, 5) is 38.6. The van der Waals surface area contributed by atoms with Crippen LogP contribution in [0.5, 0.6) is 0 Å². The molecule has 2 atom stereocenters. The van der Waals surface area contributed by atoms with Gasteiger partial charge < -0.3 is 32.1 Å². The Morgan fingerprint density at radius 1 is 1.14 bits per heavy atom. The molecule has 0 aromatic heterocycles. The Morgan fingerprint density at radius 3 is 2.21 bits per heavy atom. The molecular formula is C19H37N5O4. The summed E-state index contributed by atoms with van der Waals surface area (Å²) in [5.41, 5.74) is 10.2. The molecule has 9 nitrogen and oxygen atoms in total. The number of rotatable bonds is 11. The standard InChI is InChI=1S/C19H37N5O4/c1-13(2)12-15(22-3)16(25)23-14(6-4-5-9-20)17(26)24-10-7-19(21,8-11-24)18(27)28/h13-15,22H,4-12,20-21H2,1-3H3,(H,23,25)(H,27,28)/t14?,15-/m1/s1. The molecule has 0 aromatic carbocycles. The molecule has 1 aliphatic rings. The van der Waals surface area contributed by atoms with Crippen LogP contribution >= 0.6 is 0 Å². The van der Waals surface area contributed by atoms with E-state index in [9.17, 15) is 19.5 Å². The molecule has 1 heterocycles. The number of piperidine rings is 1. The van der Waals surface area contributed by atoms with Crippen LogP contribution in [-0.4, -0.2) is 72.1 Å². The number of nitrogens with two attached hydrogens (primary N) is 2. The van der Waals surface area contributed by atoms with Gasteiger partial charge in [-0.15, -0.1) is 0 Å². The van der Waals surface area contributed by atoms with Crippen LogP contribution in [0.15, 0.2) is 0 Å². The number of nitrogens with one attached hydrogen (secondary N) is 2. The van der Waals surface area contributed by atoms with E-state index in [0.29, 0.717) is 25.3 Å². The monoisotopic (exact) mass is 399 g/mol. The van der Waals surface area contributed by atoms with E-state index in [4.69, 9.17) is 11.5 Å². The maximum atomic E-state index is 13.0. The smallest absolute Gasteiger partial charge is 0.323 e. The van der Waals surface area contributed by atoms with Gasteiger partial charge in [0.2, 0.25) is 11.8 Å². The van der Waals surface area contributed by atoms with Crippen molar-refractivity contribution in [3.8, 4) is 0 Å². The molecule has 28 heavy (non-hydrogen) atoms. The molecule has 1 unspecified atom stereocenters. The van der Waals surface area contributed by atoms with Crippen LogP contribution in [0.4, 0.5) is 0 Å². The van der Waals surface area contributed by atoms with Gasteiger partial charge in [-0.05, 0) is 58.0 Å². The fourth-order valence-corrected chi connectivity index (χ4v) is 3.41. The van der Waals surface area contributed by atoms with Crippen molar-refractivity contribution in [3.05, 3.63) is 0 Å². The van der Waals surface area contributed by atoms with Gasteiger partial charge >= 0.3 is 5.97 Å². The number of carboxylic acids is 1. The van der Waals surface area contributed by atoms with Crippen molar-refractivity contribution in [3.63, 3.8) is 0 Å². The first kappa shape index (κ1) is 24.3. The third-order valence-electron chi connectivity index (χ3n) is 5.33. The summed E-state index contributed by atoms with van der Waals surface area (Å²) in [5.74, 6) is -1.08. The van der Waals surface area contributed by atoms with Crippen LogP contribution in [0, 0.1) is 5.92 Å². The molecule has 1 fully saturated rings. The van der Waals surface area contributed by atoms with Gasteiger partial charge in [0.15, 0.2) is 0 Å². The highest BCUT2D eigenvalue weighted by Gasteiger charge is 2.40. The fraction of sp³-hybridized carbons (Fsp3) is 0.842. The molecule has 2 amide bonds. The zero-order valence-corrected chi connectivity index (χ0v) is 17.4. The number of carboxylic acid groups (broad SMARTS) is 1. The lowest BCUT2D eigenvalue weighted by Crippen LogP contribution is -2.59. The SMILES string of the molecule is CN[C@H](CC(C)C)C(=O)NC(CCCCN)C(=O)N1CCC(N)(C(=O)O)CC1. The normalized spacial score (nSPS) is 18.6. The molecule has 0 spiro atoms. The summed E-state index contributed by atoms with van der Waals surface area (Å²) in [7, 11) is 1.73. The Bertz CT molecular complexity index is 532. The Balaban J connectivity index is 2.78. The number of likely N-dealkylation sites (N-methyl/N-ethyl adjacent to an activating group) is 1. The second-order valence-corrected chi connectivity index (χ2v) is 8.10. The van der Waals surface area contributed by atoms with E-state index in [-0.39, 0.29) is 43.8 Å². The van der Waals surface area contributed by atoms with E-state index in [0.717, 1.165) is 12.8 Å². The number of aliphatic carboxylic acids is 1. The Hall–Kier alpha value is -1.71. The predicted molar refractivity (Wildman–Crippen MR) is 108 cm³/mol. The van der Waals surface area contributed by atoms with Crippen LogP contribution in [0.25, 0.3) is 0 Å². The highest BCUT2D eigenvalue weighted by molar-refractivity contribution is 5.90. The molecule has 9 heteroatoms. The molecule has 1 aliphatic heterocycles. The maximum absolute atomic E-state index is 13.0. The first-order chi connectivity index (χ1) is 13.1. The zero-order valence-electron chi connectivity index (χ0n) is 17.4. The lowest BCUT2D eigenvalue weighted by Gasteiger charge is -2.38. The summed E-state index contributed by atoms with van der Waals surface area (Å²) in [5, 5.41) is 15.2. The summed E-state index contributed by atoms with van der Waals surface area (Å²) in [6.45, 7) is 5.14. The van der Waals surface area contributed by atoms with Gasteiger partial charge in [-0.25, -0.2) is 0 Å². The minimum absolute atomic E-state index is 0.183. The van der Waals surface area contributed by atoms with Crippen molar-refractivity contribution >= 4 is 17.8 Å². The highest BCUT2D eigenvalue weighted by Crippen LogP contribution is 2.21. The first-order valence-electron chi connectivity index (χ1n) is 10.1. The predicted octanol–water partition coefficient (Wildman–Crippen LogP) is -0.361. The van der Waals surface area contributed by atoms with E-state index in [1.165, 1.54) is 0 Å². The topological polar surface area (TPSA) is 151 Å². The van der Waals surface area contributed by atoms with Gasteiger partial charge in [-0.1, -0.05) is 13.8 Å². The lowest BCUT2D eigenvalue weighted by molar-refractivity contribution is -0.148. The van der Waals surface area contributed by atoms with Gasteiger partial charge in [-0.2, -0.15) is 0 Å². The first-order valence-corrected chi connectivity index (χ1v) is 10.1. The van der Waals surface area contributed by atoms with Gasteiger partial charge in [-0.3, -0.25) is 14.4 Å². The van der Waals surface area contributed by atoms with Crippen molar-refractivity contribution < 1.29 is 19.5 Å². The highest BCUT2D eigenvalue weighted by atomic mass is 16.4. The number of carbonyl (C=O) groups is 3. The molecule has 0 aromatic rings. The number of nitrogens with zero attached hydrogens (tertiary/aromatic N) is 1. The largest absolute Gasteiger partial charge is 0.480 e. The zero-order chi connectivity index (χ0) is 21.3. The van der Waals surface area contributed by atoms with Crippen molar-refractivity contribution in [2.45, 2.75) is 70.0 Å². The molecule has 1 rings (SSSR count). The average Bonchev–Trinajstić information content (AvgIpc) is 2.65. The van der Waals surface area contributed by atoms with Crippen LogP contribution < -0.4 is 22.1 Å². The number of likely N-dealkylation sites (tertiary alicyclic amines) is 1. The number of hydrogen-bond acceptors (Lipinski definition) is 6. The van der Waals surface area contributed by atoms with Gasteiger partial charge in [0.05, 0.1) is 6.04 Å². The summed E-state index contributed by atoms with van der Waals surface area (Å²) < 4.78 is 0. The number of hydrogen-bond donors (Lipinski definition) is 5. The van der Waals surface area contributed by atoms with Crippen LogP contribution in [0.2, 0.25) is 0 Å². The molecule has 0 bridgehead atoms. The third kappa shape index (κ3) is 7.03. The summed E-state index contributed by atoms with van der Waals surface area (Å²) >= 11 is 0. The minimum atomic E-state index is -1.29. The summed E-state index contributed by atoms with van der Waals surface area (Å²) in [6.07, 6.45) is 3.07. The molecule has 0 aliphatic carbocycles. The molecule has 7 N–H and O–H groups in total. The molecule has 162 valence electrons. The maximum Gasteiger partial charge on any atom is 0.323 e. The molecule has 1 saturated heterocycles. The second kappa shape index (κ2) is 11.3. The molecular weight excluding hydrogens is 362 g/mol. The Kier molecular flexibility index (Phi) is 9.84. The van der Waals surface area contributed by atoms with Gasteiger partial charge in [0.25, 0.3) is 0 Å². The van der Waals surface area contributed by atoms with Crippen LogP contribution in [-0.2, 0) is 14.4 Å². The molecule has 0 saturated carbocycles. The van der Waals surface area contributed by atoms with E-state index in [1.807, 2.05) is 13.8 Å². The van der Waals surface area contributed by atoms with Crippen molar-refractivity contribution in [2.24, 2.45) is 17.4 Å². The number of unbranched alkanes of at least 4 members (excludes halogenated alkanes) is 1. The van der Waals surface area contributed by atoms with E-state index >= 15 is 0 Å². The van der Waals surface area contributed by atoms with E-state index < -0.39 is 17.6 Å². The van der Waals surface area contributed by atoms with Crippen molar-refractivity contribution in [1.29, 1.82) is 0 Å². The Labute approximate surface area is 167 Å². The van der Waals surface area contributed by atoms with E-state index in [2.05, 4.69) is 10.6 Å². The summed E-state index contributed by atoms with van der Waals surface area (Å²) in [6, 6.07) is -1.01. The quantitative estimate of drug-likeness (QED) is 0.298. The minimum Gasteiger partial charge on any atom is -0.480 e. The number of carbonyl (C=O) groups excluding carboxylic acids is 2. The van der Waals surface area contributed by atoms with Crippen molar-refractivity contribution in [1.82, 2.24) is 15.5 Å². The van der Waals surface area contributed by atoms with Gasteiger partial charge in [0.1, 0.15) is 11.6 Å². The molecule has 0 radical (unpaired) electrons. The Morgan fingerprint density at radius 2 is 1.75 bits per heavy atom. The second-order valence-electron chi connectivity index (χ2n) is 8.10. The van der Waals surface area contributed by atoms with Gasteiger partial charge in [0, 0.05) is 13.1 Å². The third-order valence-corrected chi connectivity index (χ3v) is 5.33. The van der Waals surface area contributed by atoms with Crippen LogP contribution in [0.1, 0.15) is 52.4 Å². The lowest BCUT2D eigenvalue weighted by atomic mass is 9.88. The number of amides is 2. The fourth-order valence-electron chi connectivity index (χ4n) is 3.41.